The number of hydrogen-bond acceptors (Lipinski definition) is 10. The summed E-state index contributed by atoms with van der Waals surface area (Å²) in [5.74, 6) is -1.55. The molecule has 0 fully saturated rings. The van der Waals surface area contributed by atoms with Crippen molar-refractivity contribution in [3.8, 4) is 11.5 Å². The number of carbonyl (C=O) groups excluding carboxylic acids is 1. The summed E-state index contributed by atoms with van der Waals surface area (Å²) in [6.45, 7) is 3.96. The van der Waals surface area contributed by atoms with Gasteiger partial charge in [0.15, 0.2) is 5.75 Å². The Morgan fingerprint density at radius 2 is 1.84 bits per heavy atom. The Hall–Kier alpha value is -2.64. The lowest BCUT2D eigenvalue weighted by atomic mass is 10.1. The zero-order valence-electron chi connectivity index (χ0n) is 18.7. The number of quaternary nitrogens is 1. The lowest BCUT2D eigenvalue weighted by Crippen LogP contribution is -2.40. The Labute approximate surface area is 191 Å². The predicted molar refractivity (Wildman–Crippen MR) is 118 cm³/mol. The summed E-state index contributed by atoms with van der Waals surface area (Å²) in [6.07, 6.45) is 0.836. The fourth-order valence-corrected chi connectivity index (χ4v) is 2.79. The zero-order valence-corrected chi connectivity index (χ0v) is 19.6. The van der Waals surface area contributed by atoms with E-state index < -0.39 is 39.4 Å². The molecule has 32 heavy (non-hydrogen) atoms. The standard InChI is InChI=1S/C19H29N3O9S/c1-5-22(2,3)7-6-8-29-9-10-30-19-16(28-4)11-15(20(24)25)14(18(19)21(26)27)12-31-17(23)13-32/h11H,5-10,12-13H2,1-4H3/p+1. The minimum absolute atomic E-state index is 0.0447. The van der Waals surface area contributed by atoms with Crippen molar-refractivity contribution >= 4 is 30.0 Å². The molecule has 0 aliphatic carbocycles. The number of nitrogens with zero attached hydrogens (tertiary/aromatic N) is 3. The van der Waals surface area contributed by atoms with Gasteiger partial charge in [-0.15, -0.1) is 0 Å². The molecular weight excluding hydrogens is 446 g/mol. The molecule has 1 aromatic rings. The van der Waals surface area contributed by atoms with Crippen LogP contribution in [0.1, 0.15) is 18.9 Å². The maximum Gasteiger partial charge on any atom is 0.328 e. The molecule has 0 radical (unpaired) electrons. The maximum absolute atomic E-state index is 11.8. The average Bonchev–Trinajstić information content (AvgIpc) is 2.75. The van der Waals surface area contributed by atoms with Crippen LogP contribution in [-0.2, 0) is 20.9 Å². The highest BCUT2D eigenvalue weighted by atomic mass is 32.1. The predicted octanol–water partition coefficient (Wildman–Crippen LogP) is 2.37. The molecule has 0 aliphatic heterocycles. The Morgan fingerprint density at radius 3 is 2.38 bits per heavy atom. The van der Waals surface area contributed by atoms with Gasteiger partial charge < -0.3 is 23.4 Å². The molecule has 0 spiro atoms. The van der Waals surface area contributed by atoms with Crippen molar-refractivity contribution in [1.82, 2.24) is 0 Å². The number of nitro groups is 2. The largest absolute Gasteiger partial charge is 0.492 e. The van der Waals surface area contributed by atoms with Crippen LogP contribution in [0.3, 0.4) is 0 Å². The molecule has 0 unspecified atom stereocenters. The first-order valence-electron chi connectivity index (χ1n) is 9.89. The van der Waals surface area contributed by atoms with Crippen molar-refractivity contribution < 1.29 is 38.1 Å². The summed E-state index contributed by atoms with van der Waals surface area (Å²) in [7, 11) is 5.45. The highest BCUT2D eigenvalue weighted by molar-refractivity contribution is 7.81. The fraction of sp³-hybridized carbons (Fsp3) is 0.632. The van der Waals surface area contributed by atoms with E-state index in [1.54, 1.807) is 0 Å². The molecule has 0 aliphatic rings. The van der Waals surface area contributed by atoms with Gasteiger partial charge in [-0.05, 0) is 6.92 Å². The second-order valence-electron chi connectivity index (χ2n) is 7.38. The van der Waals surface area contributed by atoms with Crippen LogP contribution in [0, 0.1) is 20.2 Å². The SMILES string of the molecule is CC[N+](C)(C)CCCOCCOc1c(OC)cc([N+](=O)[O-])c(COC(=O)CS)c1[N+](=O)[O-]. The van der Waals surface area contributed by atoms with Crippen LogP contribution in [0.15, 0.2) is 6.07 Å². The van der Waals surface area contributed by atoms with Crippen LogP contribution in [0.5, 0.6) is 11.5 Å². The molecule has 12 nitrogen and oxygen atoms in total. The molecule has 0 amide bonds. The van der Waals surface area contributed by atoms with Crippen LogP contribution in [0.2, 0.25) is 0 Å². The smallest absolute Gasteiger partial charge is 0.328 e. The Bertz CT molecular complexity index is 818. The van der Waals surface area contributed by atoms with Gasteiger partial charge >= 0.3 is 11.7 Å². The van der Waals surface area contributed by atoms with Crippen molar-refractivity contribution in [2.75, 3.05) is 59.9 Å². The quantitative estimate of drug-likeness (QED) is 0.101. The number of thiol groups is 1. The van der Waals surface area contributed by atoms with Gasteiger partial charge in [-0.2, -0.15) is 12.6 Å². The highest BCUT2D eigenvalue weighted by Crippen LogP contribution is 2.45. The van der Waals surface area contributed by atoms with Crippen molar-refractivity contribution in [1.29, 1.82) is 0 Å². The molecule has 0 bridgehead atoms. The summed E-state index contributed by atoms with van der Waals surface area (Å²) in [4.78, 5) is 33.0. The number of rotatable bonds is 15. The molecule has 0 saturated carbocycles. The minimum atomic E-state index is -0.833. The van der Waals surface area contributed by atoms with E-state index in [4.69, 9.17) is 18.9 Å². The first kappa shape index (κ1) is 27.4. The van der Waals surface area contributed by atoms with Crippen LogP contribution in [0.25, 0.3) is 0 Å². The second kappa shape index (κ2) is 13.0. The van der Waals surface area contributed by atoms with Gasteiger partial charge in [0.2, 0.25) is 5.75 Å². The molecule has 0 N–H and O–H groups in total. The molecule has 0 atom stereocenters. The monoisotopic (exact) mass is 476 g/mol. The number of hydrogen-bond donors (Lipinski definition) is 1. The number of carbonyl (C=O) groups is 1. The third-order valence-electron chi connectivity index (χ3n) is 4.79. The van der Waals surface area contributed by atoms with Crippen LogP contribution < -0.4 is 9.47 Å². The summed E-state index contributed by atoms with van der Waals surface area (Å²) < 4.78 is 21.8. The normalized spacial score (nSPS) is 11.2. The van der Waals surface area contributed by atoms with E-state index in [0.717, 1.165) is 30.1 Å². The van der Waals surface area contributed by atoms with Crippen LogP contribution in [-0.4, -0.2) is 80.2 Å². The highest BCUT2D eigenvalue weighted by Gasteiger charge is 2.35. The van der Waals surface area contributed by atoms with Gasteiger partial charge in [0, 0.05) is 6.42 Å². The zero-order chi connectivity index (χ0) is 24.3. The Kier molecular flexibility index (Phi) is 11.2. The molecule has 0 heterocycles. The van der Waals surface area contributed by atoms with E-state index in [-0.39, 0.29) is 30.5 Å². The summed E-state index contributed by atoms with van der Waals surface area (Å²) in [6, 6.07) is 0.998. The van der Waals surface area contributed by atoms with Gasteiger partial charge in [0.1, 0.15) is 18.8 Å². The molecule has 0 saturated heterocycles. The van der Waals surface area contributed by atoms with E-state index in [2.05, 4.69) is 33.6 Å². The van der Waals surface area contributed by atoms with Crippen molar-refractivity contribution in [3.05, 3.63) is 31.9 Å². The second-order valence-corrected chi connectivity index (χ2v) is 7.69. The van der Waals surface area contributed by atoms with Crippen molar-refractivity contribution in [2.24, 2.45) is 0 Å². The van der Waals surface area contributed by atoms with Crippen LogP contribution in [0.4, 0.5) is 11.4 Å². The van der Waals surface area contributed by atoms with Gasteiger partial charge in [0.05, 0.1) is 69.2 Å². The molecule has 1 aromatic carbocycles. The van der Waals surface area contributed by atoms with E-state index >= 15 is 0 Å². The van der Waals surface area contributed by atoms with Gasteiger partial charge in [-0.3, -0.25) is 25.0 Å². The molecule has 13 heteroatoms. The van der Waals surface area contributed by atoms with E-state index in [0.29, 0.717) is 6.61 Å². The van der Waals surface area contributed by atoms with Gasteiger partial charge in [-0.25, -0.2) is 0 Å². The Balaban J connectivity index is 3.00. The van der Waals surface area contributed by atoms with Crippen LogP contribution >= 0.6 is 12.6 Å². The average molecular weight is 477 g/mol. The van der Waals surface area contributed by atoms with E-state index in [9.17, 15) is 25.0 Å². The topological polar surface area (TPSA) is 140 Å². The summed E-state index contributed by atoms with van der Waals surface area (Å²) in [5.41, 5.74) is -1.74. The molecule has 1 rings (SSSR count). The van der Waals surface area contributed by atoms with Crippen molar-refractivity contribution in [3.63, 3.8) is 0 Å². The molecule has 0 aromatic heterocycles. The maximum atomic E-state index is 11.8. The third kappa shape index (κ3) is 8.13. The first-order valence-corrected chi connectivity index (χ1v) is 10.5. The molecule has 180 valence electrons. The minimum Gasteiger partial charge on any atom is -0.492 e. The lowest BCUT2D eigenvalue weighted by Gasteiger charge is -2.27. The number of nitro benzene ring substituents is 2. The number of methoxy groups -OCH3 is 1. The summed E-state index contributed by atoms with van der Waals surface area (Å²) >= 11 is 3.75. The van der Waals surface area contributed by atoms with Gasteiger partial charge in [0.25, 0.3) is 5.69 Å². The first-order chi connectivity index (χ1) is 15.1. The third-order valence-corrected chi connectivity index (χ3v) is 5.05. The van der Waals surface area contributed by atoms with E-state index in [1.807, 2.05) is 0 Å². The number of esters is 1. The number of ether oxygens (including phenoxy) is 4. The van der Waals surface area contributed by atoms with E-state index in [1.165, 1.54) is 7.11 Å². The van der Waals surface area contributed by atoms with Gasteiger partial charge in [-0.1, -0.05) is 0 Å². The molecular formula is C19H30N3O9S+. The Morgan fingerprint density at radius 1 is 1.16 bits per heavy atom. The fourth-order valence-electron chi connectivity index (χ4n) is 2.70. The van der Waals surface area contributed by atoms with Crippen molar-refractivity contribution in [2.45, 2.75) is 20.0 Å². The lowest BCUT2D eigenvalue weighted by molar-refractivity contribution is -0.888. The number of benzene rings is 1. The summed E-state index contributed by atoms with van der Waals surface area (Å²) in [5, 5.41) is 23.2.